The maximum Gasteiger partial charge on any atom is 0.266 e. The summed E-state index contributed by atoms with van der Waals surface area (Å²) in [6, 6.07) is 21.1. The minimum Gasteiger partial charge on any atom is -0.488 e. The molecule has 1 saturated heterocycles. The maximum absolute atomic E-state index is 13.2. The van der Waals surface area contributed by atoms with Gasteiger partial charge in [0.05, 0.1) is 25.8 Å². The summed E-state index contributed by atoms with van der Waals surface area (Å²) < 4.78 is 20.0. The molecule has 0 unspecified atom stereocenters. The highest BCUT2D eigenvalue weighted by Gasteiger charge is 2.32. The Morgan fingerprint density at radius 1 is 1.18 bits per heavy atom. The number of carbonyl (C=O) groups is 1. The lowest BCUT2D eigenvalue weighted by Crippen LogP contribution is -2.28. The van der Waals surface area contributed by atoms with Gasteiger partial charge in [-0.15, -0.1) is 0 Å². The fourth-order valence-corrected chi connectivity index (χ4v) is 5.04. The van der Waals surface area contributed by atoms with Gasteiger partial charge in [0.1, 0.15) is 18.2 Å². The van der Waals surface area contributed by atoms with Crippen molar-refractivity contribution >= 4 is 57.2 Å². The minimum atomic E-state index is -0.330. The fourth-order valence-electron chi connectivity index (χ4n) is 3.28. The van der Waals surface area contributed by atoms with E-state index in [4.69, 9.17) is 4.74 Å². The summed E-state index contributed by atoms with van der Waals surface area (Å²) in [6.45, 7) is 2.67. The molecule has 4 rings (SSSR count). The lowest BCUT2D eigenvalue weighted by Gasteiger charge is -2.12. The van der Waals surface area contributed by atoms with Crippen LogP contribution in [0, 0.1) is 20.7 Å². The van der Waals surface area contributed by atoms with E-state index in [0.717, 1.165) is 14.7 Å². The van der Waals surface area contributed by atoms with Crippen LogP contribution in [-0.4, -0.2) is 22.5 Å². The molecule has 34 heavy (non-hydrogen) atoms. The van der Waals surface area contributed by atoms with Crippen molar-refractivity contribution in [2.45, 2.75) is 13.5 Å². The topological polar surface area (TPSA) is 65.7 Å². The normalized spacial score (nSPS) is 15.7. The predicted octanol–water partition coefficient (Wildman–Crippen LogP) is 6.50. The van der Waals surface area contributed by atoms with E-state index in [-0.39, 0.29) is 11.7 Å². The monoisotopic (exact) mass is 583 g/mol. The van der Waals surface area contributed by atoms with Crippen LogP contribution in [0.2, 0.25) is 0 Å². The molecule has 1 fully saturated rings. The number of ether oxygens (including phenoxy) is 1. The zero-order chi connectivity index (χ0) is 24.1. The molecular formula is C26H19FIN3O2S. The standard InChI is InChI=1S/C26H19FIN3O2S/c1-2-31-25(32)24(34-26(31)30-21-10-8-20(27)9-11-21)14-17-7-12-23(22(28)13-17)33-16-19-6-4-3-5-18(19)15-29/h3-14H,2,16H2,1H3/b24-14+,30-26?. The zero-order valence-electron chi connectivity index (χ0n) is 18.2. The molecule has 0 atom stereocenters. The highest BCUT2D eigenvalue weighted by atomic mass is 127. The van der Waals surface area contributed by atoms with E-state index < -0.39 is 0 Å². The number of amidine groups is 1. The number of benzene rings is 3. The first-order chi connectivity index (χ1) is 16.5. The summed E-state index contributed by atoms with van der Waals surface area (Å²) in [5, 5.41) is 9.81. The summed E-state index contributed by atoms with van der Waals surface area (Å²) in [6.07, 6.45) is 1.83. The molecule has 0 aliphatic carbocycles. The molecule has 170 valence electrons. The first kappa shape index (κ1) is 24.0. The van der Waals surface area contributed by atoms with Crippen LogP contribution < -0.4 is 4.74 Å². The lowest BCUT2D eigenvalue weighted by molar-refractivity contribution is -0.122. The molecule has 5 nitrogen and oxygen atoms in total. The Bertz CT molecular complexity index is 1330. The number of carbonyl (C=O) groups excluding carboxylic acids is 1. The van der Waals surface area contributed by atoms with E-state index >= 15 is 0 Å². The van der Waals surface area contributed by atoms with Gasteiger partial charge in [-0.3, -0.25) is 9.69 Å². The van der Waals surface area contributed by atoms with E-state index in [1.165, 1.54) is 23.9 Å². The Kier molecular flexibility index (Phi) is 7.65. The lowest BCUT2D eigenvalue weighted by atomic mass is 10.1. The molecule has 1 aliphatic heterocycles. The van der Waals surface area contributed by atoms with Gasteiger partial charge in [-0.1, -0.05) is 24.3 Å². The summed E-state index contributed by atoms with van der Waals surface area (Å²) in [5.74, 6) is 0.259. The van der Waals surface area contributed by atoms with Crippen molar-refractivity contribution < 1.29 is 13.9 Å². The van der Waals surface area contributed by atoms with Gasteiger partial charge in [0, 0.05) is 12.1 Å². The number of nitriles is 1. The van der Waals surface area contributed by atoms with Crippen LogP contribution >= 0.6 is 34.4 Å². The van der Waals surface area contributed by atoms with E-state index in [0.29, 0.717) is 40.2 Å². The van der Waals surface area contributed by atoms with Crippen LogP contribution in [0.1, 0.15) is 23.6 Å². The fraction of sp³-hybridized carbons (Fsp3) is 0.115. The number of aliphatic imine (C=N–C) groups is 1. The minimum absolute atomic E-state index is 0.114. The SMILES string of the molecule is CCN1C(=O)/C(=C\c2ccc(OCc3ccccc3C#N)c(I)c2)SC1=Nc1ccc(F)cc1. The maximum atomic E-state index is 13.2. The second-order valence-corrected chi connectivity index (χ2v) is 9.45. The van der Waals surface area contributed by atoms with Crippen molar-refractivity contribution in [1.29, 1.82) is 5.26 Å². The van der Waals surface area contributed by atoms with Gasteiger partial charge in [0.15, 0.2) is 5.17 Å². The molecule has 1 amide bonds. The van der Waals surface area contributed by atoms with Crippen molar-refractivity contribution in [2.24, 2.45) is 4.99 Å². The molecule has 8 heteroatoms. The number of nitrogens with zero attached hydrogens (tertiary/aromatic N) is 3. The Hall–Kier alpha value is -3.16. The predicted molar refractivity (Wildman–Crippen MR) is 141 cm³/mol. The van der Waals surface area contributed by atoms with Crippen LogP contribution in [-0.2, 0) is 11.4 Å². The largest absolute Gasteiger partial charge is 0.488 e. The Labute approximate surface area is 215 Å². The molecule has 0 radical (unpaired) electrons. The summed E-state index contributed by atoms with van der Waals surface area (Å²) in [7, 11) is 0. The number of hydrogen-bond donors (Lipinski definition) is 0. The third-order valence-electron chi connectivity index (χ3n) is 5.03. The molecule has 0 aromatic heterocycles. The molecule has 1 heterocycles. The van der Waals surface area contributed by atoms with Gasteiger partial charge in [0.2, 0.25) is 0 Å². The molecule has 1 aliphatic rings. The highest BCUT2D eigenvalue weighted by Crippen LogP contribution is 2.35. The summed E-state index contributed by atoms with van der Waals surface area (Å²) in [4.78, 5) is 19.6. The van der Waals surface area contributed by atoms with Gasteiger partial charge in [0.25, 0.3) is 5.91 Å². The van der Waals surface area contributed by atoms with Gasteiger partial charge in [-0.2, -0.15) is 5.26 Å². The van der Waals surface area contributed by atoms with E-state index in [2.05, 4.69) is 33.7 Å². The third-order valence-corrected chi connectivity index (χ3v) is 6.88. The van der Waals surface area contributed by atoms with Gasteiger partial charge in [-0.25, -0.2) is 9.38 Å². The molecule has 0 spiro atoms. The molecule has 0 saturated carbocycles. The number of thioether (sulfide) groups is 1. The van der Waals surface area contributed by atoms with Crippen LogP contribution in [0.4, 0.5) is 10.1 Å². The molecule has 0 bridgehead atoms. The van der Waals surface area contributed by atoms with Gasteiger partial charge < -0.3 is 4.74 Å². The number of rotatable bonds is 6. The second-order valence-electron chi connectivity index (χ2n) is 7.28. The molecule has 3 aromatic rings. The number of likely N-dealkylation sites (N-methyl/N-ethyl adjacent to an activating group) is 1. The second kappa shape index (κ2) is 10.8. The van der Waals surface area contributed by atoms with Crippen molar-refractivity contribution in [3.8, 4) is 11.8 Å². The average molecular weight is 583 g/mol. The zero-order valence-corrected chi connectivity index (χ0v) is 21.1. The number of hydrogen-bond acceptors (Lipinski definition) is 5. The van der Waals surface area contributed by atoms with Crippen LogP contribution in [0.5, 0.6) is 5.75 Å². The van der Waals surface area contributed by atoms with Crippen LogP contribution in [0.3, 0.4) is 0 Å². The highest BCUT2D eigenvalue weighted by molar-refractivity contribution is 14.1. The van der Waals surface area contributed by atoms with E-state index in [1.807, 2.05) is 49.4 Å². The van der Waals surface area contributed by atoms with E-state index in [1.54, 1.807) is 23.1 Å². The van der Waals surface area contributed by atoms with Crippen LogP contribution in [0.25, 0.3) is 6.08 Å². The Morgan fingerprint density at radius 2 is 1.94 bits per heavy atom. The van der Waals surface area contributed by atoms with Crippen molar-refractivity contribution in [3.05, 3.63) is 97.7 Å². The molecule has 3 aromatic carbocycles. The number of amides is 1. The smallest absolute Gasteiger partial charge is 0.266 e. The van der Waals surface area contributed by atoms with Crippen molar-refractivity contribution in [1.82, 2.24) is 4.90 Å². The third kappa shape index (κ3) is 5.48. The van der Waals surface area contributed by atoms with Gasteiger partial charge in [-0.05, 0) is 95.4 Å². The Morgan fingerprint density at radius 3 is 2.65 bits per heavy atom. The molecule has 0 N–H and O–H groups in total. The van der Waals surface area contributed by atoms with E-state index in [9.17, 15) is 14.4 Å². The summed E-state index contributed by atoms with van der Waals surface area (Å²) in [5.41, 5.74) is 2.87. The average Bonchev–Trinajstić information content (AvgIpc) is 3.13. The summed E-state index contributed by atoms with van der Waals surface area (Å²) >= 11 is 3.49. The number of halogens is 2. The quantitative estimate of drug-likeness (QED) is 0.245. The van der Waals surface area contributed by atoms with Gasteiger partial charge >= 0.3 is 0 Å². The first-order valence-corrected chi connectivity index (χ1v) is 12.3. The molecular weight excluding hydrogens is 564 g/mol. The first-order valence-electron chi connectivity index (χ1n) is 10.4. The van der Waals surface area contributed by atoms with Crippen molar-refractivity contribution in [3.63, 3.8) is 0 Å². The Balaban J connectivity index is 1.52. The van der Waals surface area contributed by atoms with Crippen LogP contribution in [0.15, 0.2) is 76.6 Å². The van der Waals surface area contributed by atoms with Crippen molar-refractivity contribution in [2.75, 3.05) is 6.54 Å².